The number of amides is 1. The van der Waals surface area contributed by atoms with Crippen molar-refractivity contribution in [2.75, 3.05) is 31.6 Å². The van der Waals surface area contributed by atoms with Crippen molar-refractivity contribution in [3.8, 4) is 0 Å². The normalized spacial score (nSPS) is 16.3. The minimum Gasteiger partial charge on any atom is -0.462 e. The van der Waals surface area contributed by atoms with Crippen molar-refractivity contribution in [2.45, 2.75) is 46.1 Å². The smallest absolute Gasteiger partial charge is 0.409 e. The van der Waals surface area contributed by atoms with Crippen LogP contribution in [0.25, 0.3) is 0 Å². The first-order valence-electron chi connectivity index (χ1n) is 9.11. The summed E-state index contributed by atoms with van der Waals surface area (Å²) in [6.45, 7) is 9.76. The van der Waals surface area contributed by atoms with Crippen LogP contribution in [0.5, 0.6) is 0 Å². The lowest BCUT2D eigenvalue weighted by atomic mass is 9.78. The van der Waals surface area contributed by atoms with Gasteiger partial charge < -0.3 is 19.7 Å². The Balaban J connectivity index is 2.05. The van der Waals surface area contributed by atoms with Gasteiger partial charge in [0, 0.05) is 31.0 Å². The second-order valence-corrected chi connectivity index (χ2v) is 6.64. The Morgan fingerprint density at radius 3 is 2.23 bits per heavy atom. The third-order valence-corrected chi connectivity index (χ3v) is 4.81. The van der Waals surface area contributed by atoms with E-state index in [9.17, 15) is 9.59 Å². The summed E-state index contributed by atoms with van der Waals surface area (Å²) in [5.41, 5.74) is 0.113. The maximum absolute atomic E-state index is 11.9. The maximum atomic E-state index is 11.9. The highest BCUT2D eigenvalue weighted by atomic mass is 16.6. The number of piperidine rings is 1. The molecule has 2 heterocycles. The molecule has 0 bridgehead atoms. The van der Waals surface area contributed by atoms with Crippen LogP contribution in [0, 0.1) is 5.92 Å². The maximum Gasteiger partial charge on any atom is 0.409 e. The number of nitrogens with one attached hydrogen (secondary N) is 1. The van der Waals surface area contributed by atoms with Crippen molar-refractivity contribution in [3.63, 3.8) is 0 Å². The molecule has 8 nitrogen and oxygen atoms in total. The van der Waals surface area contributed by atoms with E-state index in [1.165, 1.54) is 12.4 Å². The standard InChI is InChI=1S/C18H28N4O4/c1-5-25-15(23)14-11-19-16(20-12-14)21-18(13(3)4)7-9-22(10-8-18)17(24)26-6-2/h11-13H,5-10H2,1-4H3,(H,19,20,21). The molecule has 0 radical (unpaired) electrons. The van der Waals surface area contributed by atoms with Crippen LogP contribution in [0.2, 0.25) is 0 Å². The van der Waals surface area contributed by atoms with Gasteiger partial charge in [0.25, 0.3) is 0 Å². The first-order valence-corrected chi connectivity index (χ1v) is 9.11. The summed E-state index contributed by atoms with van der Waals surface area (Å²) in [4.78, 5) is 33.9. The fraction of sp³-hybridized carbons (Fsp3) is 0.667. The van der Waals surface area contributed by atoms with Crippen molar-refractivity contribution in [1.29, 1.82) is 0 Å². The topological polar surface area (TPSA) is 93.7 Å². The Morgan fingerprint density at radius 1 is 1.15 bits per heavy atom. The van der Waals surface area contributed by atoms with Gasteiger partial charge in [-0.3, -0.25) is 0 Å². The fourth-order valence-corrected chi connectivity index (χ4v) is 3.08. The lowest BCUT2D eigenvalue weighted by Crippen LogP contribution is -2.54. The van der Waals surface area contributed by atoms with E-state index in [0.29, 0.717) is 43.7 Å². The Morgan fingerprint density at radius 2 is 1.73 bits per heavy atom. The number of carbonyl (C=O) groups is 2. The summed E-state index contributed by atoms with van der Waals surface area (Å²) in [5, 5.41) is 3.43. The minimum absolute atomic E-state index is 0.214. The summed E-state index contributed by atoms with van der Waals surface area (Å²) >= 11 is 0. The molecule has 26 heavy (non-hydrogen) atoms. The van der Waals surface area contributed by atoms with E-state index >= 15 is 0 Å². The van der Waals surface area contributed by atoms with E-state index in [1.54, 1.807) is 18.7 Å². The predicted molar refractivity (Wildman–Crippen MR) is 97.0 cm³/mol. The average molecular weight is 364 g/mol. The van der Waals surface area contributed by atoms with Gasteiger partial charge in [-0.2, -0.15) is 0 Å². The molecule has 2 rings (SSSR count). The zero-order chi connectivity index (χ0) is 19.2. The van der Waals surface area contributed by atoms with E-state index in [0.717, 1.165) is 12.8 Å². The Kier molecular flexibility index (Phi) is 6.76. The monoisotopic (exact) mass is 364 g/mol. The Labute approximate surface area is 154 Å². The molecular formula is C18H28N4O4. The highest BCUT2D eigenvalue weighted by Gasteiger charge is 2.39. The quantitative estimate of drug-likeness (QED) is 0.776. The molecule has 0 aliphatic carbocycles. The summed E-state index contributed by atoms with van der Waals surface area (Å²) in [7, 11) is 0. The van der Waals surface area contributed by atoms with Crippen LogP contribution in [-0.4, -0.2) is 58.8 Å². The van der Waals surface area contributed by atoms with Crippen molar-refractivity contribution >= 4 is 18.0 Å². The number of aromatic nitrogens is 2. The van der Waals surface area contributed by atoms with Crippen molar-refractivity contribution in [1.82, 2.24) is 14.9 Å². The van der Waals surface area contributed by atoms with Crippen LogP contribution in [0.1, 0.15) is 50.9 Å². The molecule has 0 spiro atoms. The van der Waals surface area contributed by atoms with E-state index in [1.807, 2.05) is 0 Å². The molecule has 1 aromatic rings. The van der Waals surface area contributed by atoms with Crippen LogP contribution in [0.4, 0.5) is 10.7 Å². The largest absolute Gasteiger partial charge is 0.462 e. The highest BCUT2D eigenvalue weighted by molar-refractivity contribution is 5.88. The van der Waals surface area contributed by atoms with Gasteiger partial charge >= 0.3 is 12.1 Å². The number of nitrogens with zero attached hydrogens (tertiary/aromatic N) is 3. The number of hydrogen-bond donors (Lipinski definition) is 1. The number of ether oxygens (including phenoxy) is 2. The second kappa shape index (κ2) is 8.82. The van der Waals surface area contributed by atoms with E-state index in [-0.39, 0.29) is 11.6 Å². The first kappa shape index (κ1) is 19.9. The van der Waals surface area contributed by atoms with Gasteiger partial charge in [0.2, 0.25) is 5.95 Å². The second-order valence-electron chi connectivity index (χ2n) is 6.64. The van der Waals surface area contributed by atoms with E-state index in [4.69, 9.17) is 9.47 Å². The molecule has 8 heteroatoms. The molecule has 1 aliphatic rings. The van der Waals surface area contributed by atoms with Crippen LogP contribution < -0.4 is 5.32 Å². The minimum atomic E-state index is -0.430. The van der Waals surface area contributed by atoms with Gasteiger partial charge in [-0.25, -0.2) is 19.6 Å². The van der Waals surface area contributed by atoms with Crippen molar-refractivity contribution < 1.29 is 19.1 Å². The molecule has 0 aromatic carbocycles. The summed E-state index contributed by atoms with van der Waals surface area (Å²) in [5.74, 6) is 0.358. The van der Waals surface area contributed by atoms with Crippen LogP contribution >= 0.6 is 0 Å². The van der Waals surface area contributed by atoms with Crippen LogP contribution in [-0.2, 0) is 9.47 Å². The van der Waals surface area contributed by atoms with Gasteiger partial charge in [0.05, 0.1) is 18.8 Å². The molecule has 1 aliphatic heterocycles. The molecular weight excluding hydrogens is 336 g/mol. The summed E-state index contributed by atoms with van der Waals surface area (Å²) in [6, 6.07) is 0. The van der Waals surface area contributed by atoms with Crippen molar-refractivity contribution in [2.24, 2.45) is 5.92 Å². The van der Waals surface area contributed by atoms with Gasteiger partial charge in [0.1, 0.15) is 0 Å². The molecule has 1 amide bonds. The highest BCUT2D eigenvalue weighted by Crippen LogP contribution is 2.33. The predicted octanol–water partition coefficient (Wildman–Crippen LogP) is 2.71. The number of likely N-dealkylation sites (tertiary alicyclic amines) is 1. The first-order chi connectivity index (χ1) is 12.4. The molecule has 1 aromatic heterocycles. The van der Waals surface area contributed by atoms with Gasteiger partial charge in [-0.05, 0) is 32.6 Å². The Hall–Kier alpha value is -2.38. The summed E-state index contributed by atoms with van der Waals surface area (Å²) < 4.78 is 10.0. The molecule has 1 saturated heterocycles. The van der Waals surface area contributed by atoms with Gasteiger partial charge in [0.15, 0.2) is 0 Å². The third kappa shape index (κ3) is 4.62. The average Bonchev–Trinajstić information content (AvgIpc) is 2.63. The lowest BCUT2D eigenvalue weighted by Gasteiger charge is -2.44. The number of rotatable bonds is 6. The number of carbonyl (C=O) groups excluding carboxylic acids is 2. The van der Waals surface area contributed by atoms with Gasteiger partial charge in [-0.15, -0.1) is 0 Å². The summed E-state index contributed by atoms with van der Waals surface area (Å²) in [6.07, 6.45) is 4.21. The Bertz CT molecular complexity index is 610. The molecule has 1 fully saturated rings. The fourth-order valence-electron chi connectivity index (χ4n) is 3.08. The zero-order valence-corrected chi connectivity index (χ0v) is 15.9. The van der Waals surface area contributed by atoms with Crippen LogP contribution in [0.3, 0.4) is 0 Å². The lowest BCUT2D eigenvalue weighted by molar-refractivity contribution is 0.0525. The SMILES string of the molecule is CCOC(=O)c1cnc(NC2(C(C)C)CCN(C(=O)OCC)CC2)nc1. The molecule has 0 saturated carbocycles. The van der Waals surface area contributed by atoms with Crippen LogP contribution in [0.15, 0.2) is 12.4 Å². The number of anilines is 1. The van der Waals surface area contributed by atoms with Crippen molar-refractivity contribution in [3.05, 3.63) is 18.0 Å². The third-order valence-electron chi connectivity index (χ3n) is 4.81. The number of hydrogen-bond acceptors (Lipinski definition) is 7. The molecule has 1 N–H and O–H groups in total. The number of esters is 1. The molecule has 0 unspecified atom stereocenters. The van der Waals surface area contributed by atoms with E-state index < -0.39 is 5.97 Å². The van der Waals surface area contributed by atoms with Gasteiger partial charge in [-0.1, -0.05) is 13.8 Å². The molecule has 0 atom stereocenters. The zero-order valence-electron chi connectivity index (χ0n) is 15.9. The van der Waals surface area contributed by atoms with E-state index in [2.05, 4.69) is 29.1 Å². The molecule has 144 valence electrons.